The maximum absolute atomic E-state index is 16.0. The maximum atomic E-state index is 16.0. The Kier molecular flexibility index (Phi) is 5.53. The van der Waals surface area contributed by atoms with E-state index in [-0.39, 0.29) is 22.5 Å². The second kappa shape index (κ2) is 9.03. The molecule has 37 heavy (non-hydrogen) atoms. The van der Waals surface area contributed by atoms with Crippen molar-refractivity contribution in [3.05, 3.63) is 67.1 Å². The van der Waals surface area contributed by atoms with Gasteiger partial charge in [-0.1, -0.05) is 19.9 Å². The first kappa shape index (κ1) is 22.7. The van der Waals surface area contributed by atoms with E-state index in [1.54, 1.807) is 30.9 Å². The Hall–Kier alpha value is -4.77. The number of aliphatic hydroxyl groups excluding tert-OH is 1. The fourth-order valence-corrected chi connectivity index (χ4v) is 4.09. The van der Waals surface area contributed by atoms with Gasteiger partial charge in [0.1, 0.15) is 17.7 Å². The van der Waals surface area contributed by atoms with Gasteiger partial charge < -0.3 is 15.4 Å². The number of H-pyrrole nitrogens is 2. The van der Waals surface area contributed by atoms with Crippen LogP contribution in [0.3, 0.4) is 0 Å². The van der Waals surface area contributed by atoms with Gasteiger partial charge in [0.25, 0.3) is 0 Å². The van der Waals surface area contributed by atoms with Crippen LogP contribution in [0.25, 0.3) is 56.1 Å². The number of fused-ring (bicyclic) bond motifs is 2. The number of aromatic amines is 2. The summed E-state index contributed by atoms with van der Waals surface area (Å²) in [6.45, 7) is 3.78. The first-order chi connectivity index (χ1) is 18.0. The zero-order chi connectivity index (χ0) is 25.5. The fourth-order valence-electron chi connectivity index (χ4n) is 4.09. The van der Waals surface area contributed by atoms with Crippen LogP contribution in [0.4, 0.5) is 10.1 Å². The van der Waals surface area contributed by atoms with Gasteiger partial charge in [0.05, 0.1) is 28.5 Å². The number of hydrogen-bond donors (Lipinski definition) is 4. The highest BCUT2D eigenvalue weighted by Gasteiger charge is 2.21. The third kappa shape index (κ3) is 4.04. The molecule has 0 spiro atoms. The summed E-state index contributed by atoms with van der Waals surface area (Å²) in [5.41, 5.74) is 4.61. The average Bonchev–Trinajstić information content (AvgIpc) is 3.54. The third-order valence-corrected chi connectivity index (χ3v) is 6.08. The zero-order valence-electron chi connectivity index (χ0n) is 19.9. The monoisotopic (exact) mass is 495 g/mol. The number of rotatable bonds is 6. The Labute approximate surface area is 210 Å². The molecule has 0 saturated carbocycles. The lowest BCUT2D eigenvalue weighted by Gasteiger charge is -2.17. The minimum atomic E-state index is -0.763. The number of nitrogens with one attached hydrogen (secondary N) is 3. The summed E-state index contributed by atoms with van der Waals surface area (Å²) in [5.74, 6) is -0.154. The molecule has 0 aliphatic heterocycles. The Morgan fingerprint density at radius 3 is 2.68 bits per heavy atom. The zero-order valence-corrected chi connectivity index (χ0v) is 19.9. The molecule has 0 bridgehead atoms. The normalized spacial score (nSPS) is 12.5. The lowest BCUT2D eigenvalue weighted by Crippen LogP contribution is -2.24. The molecule has 11 heteroatoms. The molecule has 4 N–H and O–H groups in total. The van der Waals surface area contributed by atoms with Crippen LogP contribution in [0.15, 0.2) is 61.3 Å². The third-order valence-electron chi connectivity index (χ3n) is 6.08. The van der Waals surface area contributed by atoms with E-state index in [4.69, 9.17) is 0 Å². The molecule has 1 atom stereocenters. The summed E-state index contributed by atoms with van der Waals surface area (Å²) < 4.78 is 16.0. The van der Waals surface area contributed by atoms with E-state index in [9.17, 15) is 5.11 Å². The molecule has 0 aromatic carbocycles. The SMILES string of the molecule is CC(C)C(O)Nc1cncc(-c2cnc3n[nH]c(-c4nc5nccc(-c6ccccn6)c5[nH]4)c3c2F)c1. The van der Waals surface area contributed by atoms with Gasteiger partial charge in [-0.05, 0) is 30.2 Å². The number of aromatic nitrogens is 8. The minimum Gasteiger partial charge on any atom is -0.374 e. The molecule has 6 rings (SSSR count). The Morgan fingerprint density at radius 2 is 1.86 bits per heavy atom. The van der Waals surface area contributed by atoms with Crippen LogP contribution in [0, 0.1) is 11.7 Å². The predicted octanol–water partition coefficient (Wildman–Crippen LogP) is 4.55. The van der Waals surface area contributed by atoms with Crippen molar-refractivity contribution in [1.82, 2.24) is 40.1 Å². The summed E-state index contributed by atoms with van der Waals surface area (Å²) >= 11 is 0. The quantitative estimate of drug-likeness (QED) is 0.247. The van der Waals surface area contributed by atoms with Crippen LogP contribution < -0.4 is 5.32 Å². The Morgan fingerprint density at radius 1 is 0.973 bits per heavy atom. The van der Waals surface area contributed by atoms with Crippen LogP contribution in [0.1, 0.15) is 13.8 Å². The van der Waals surface area contributed by atoms with Gasteiger partial charge >= 0.3 is 0 Å². The van der Waals surface area contributed by atoms with Gasteiger partial charge in [-0.15, -0.1) is 0 Å². The van der Waals surface area contributed by atoms with Gasteiger partial charge in [0, 0.05) is 41.5 Å². The van der Waals surface area contributed by atoms with Crippen molar-refractivity contribution in [3.8, 4) is 33.9 Å². The highest BCUT2D eigenvalue weighted by Crippen LogP contribution is 2.34. The lowest BCUT2D eigenvalue weighted by atomic mass is 10.1. The van der Waals surface area contributed by atoms with Crippen LogP contribution in [-0.4, -0.2) is 51.4 Å². The molecule has 0 amide bonds. The largest absolute Gasteiger partial charge is 0.374 e. The summed E-state index contributed by atoms with van der Waals surface area (Å²) in [7, 11) is 0. The number of anilines is 1. The summed E-state index contributed by atoms with van der Waals surface area (Å²) in [6, 6.07) is 9.21. The molecule has 6 aromatic rings. The summed E-state index contributed by atoms with van der Waals surface area (Å²) in [4.78, 5) is 25.2. The van der Waals surface area contributed by atoms with Crippen molar-refractivity contribution >= 4 is 27.9 Å². The standard InChI is InChI=1S/C26H22FN9O/c1-13(2)26(37)32-15-9-14(10-28-11-15)17-12-31-23-19(20(17)27)22(35-36-23)25-33-21-16(6-8-30-24(21)34-25)18-5-3-4-7-29-18/h3-13,26,32,37H,1-2H3,(H,30,33,34)(H,31,35,36). The second-order valence-electron chi connectivity index (χ2n) is 8.94. The molecule has 1 unspecified atom stereocenters. The minimum absolute atomic E-state index is 0.0108. The van der Waals surface area contributed by atoms with Crippen LogP contribution in [-0.2, 0) is 0 Å². The van der Waals surface area contributed by atoms with Crippen molar-refractivity contribution in [3.63, 3.8) is 0 Å². The van der Waals surface area contributed by atoms with E-state index in [2.05, 4.69) is 45.4 Å². The van der Waals surface area contributed by atoms with Gasteiger partial charge in [0.2, 0.25) is 0 Å². The molecular formula is C26H22FN9O. The molecule has 0 aliphatic carbocycles. The number of halogens is 1. The smallest absolute Gasteiger partial charge is 0.184 e. The number of imidazole rings is 1. The fraction of sp³-hybridized carbons (Fsp3) is 0.154. The van der Waals surface area contributed by atoms with E-state index in [1.807, 2.05) is 38.1 Å². The number of hydrogen-bond acceptors (Lipinski definition) is 8. The molecule has 10 nitrogen and oxygen atoms in total. The molecule has 0 saturated heterocycles. The van der Waals surface area contributed by atoms with Gasteiger partial charge in [-0.3, -0.25) is 15.1 Å². The number of pyridine rings is 4. The molecule has 184 valence electrons. The second-order valence-corrected chi connectivity index (χ2v) is 8.94. The number of nitrogens with zero attached hydrogens (tertiary/aromatic N) is 6. The number of aliphatic hydroxyl groups is 1. The van der Waals surface area contributed by atoms with Crippen LogP contribution in [0.5, 0.6) is 0 Å². The molecule has 0 fully saturated rings. The van der Waals surface area contributed by atoms with Crippen LogP contribution >= 0.6 is 0 Å². The van der Waals surface area contributed by atoms with Crippen molar-refractivity contribution in [2.24, 2.45) is 5.92 Å². The first-order valence-electron chi connectivity index (χ1n) is 11.7. The molecule has 6 heterocycles. The first-order valence-corrected chi connectivity index (χ1v) is 11.7. The lowest BCUT2D eigenvalue weighted by molar-refractivity contribution is 0.153. The van der Waals surface area contributed by atoms with Crippen molar-refractivity contribution in [2.45, 2.75) is 20.1 Å². The van der Waals surface area contributed by atoms with E-state index < -0.39 is 12.0 Å². The van der Waals surface area contributed by atoms with Crippen molar-refractivity contribution in [2.75, 3.05) is 5.32 Å². The molecule has 6 aromatic heterocycles. The highest BCUT2D eigenvalue weighted by molar-refractivity contribution is 5.96. The van der Waals surface area contributed by atoms with E-state index in [1.165, 1.54) is 6.20 Å². The highest BCUT2D eigenvalue weighted by atomic mass is 19.1. The van der Waals surface area contributed by atoms with Crippen molar-refractivity contribution in [1.29, 1.82) is 0 Å². The van der Waals surface area contributed by atoms with Gasteiger partial charge in [-0.25, -0.2) is 19.3 Å². The molecule has 0 radical (unpaired) electrons. The topological polar surface area (TPSA) is 141 Å². The van der Waals surface area contributed by atoms with Gasteiger partial charge in [0.15, 0.2) is 17.1 Å². The van der Waals surface area contributed by atoms with E-state index in [0.717, 1.165) is 11.3 Å². The van der Waals surface area contributed by atoms with Crippen LogP contribution in [0.2, 0.25) is 0 Å². The Bertz CT molecular complexity index is 1730. The predicted molar refractivity (Wildman–Crippen MR) is 138 cm³/mol. The van der Waals surface area contributed by atoms with Crippen molar-refractivity contribution < 1.29 is 9.50 Å². The molecular weight excluding hydrogens is 473 g/mol. The van der Waals surface area contributed by atoms with E-state index in [0.29, 0.717) is 33.9 Å². The Balaban J connectivity index is 1.45. The van der Waals surface area contributed by atoms with E-state index >= 15 is 4.39 Å². The summed E-state index contributed by atoms with van der Waals surface area (Å²) in [6.07, 6.45) is 7.15. The average molecular weight is 496 g/mol. The van der Waals surface area contributed by atoms with Gasteiger partial charge in [-0.2, -0.15) is 5.10 Å². The summed E-state index contributed by atoms with van der Waals surface area (Å²) in [5, 5.41) is 20.4. The molecule has 0 aliphatic rings. The maximum Gasteiger partial charge on any atom is 0.184 e.